The molecule has 3 aromatic heterocycles. The van der Waals surface area contributed by atoms with Gasteiger partial charge >= 0.3 is 0 Å². The van der Waals surface area contributed by atoms with Crippen LogP contribution in [0.3, 0.4) is 0 Å². The highest BCUT2D eigenvalue weighted by atomic mass is 14.9. The van der Waals surface area contributed by atoms with Crippen LogP contribution in [0.4, 0.5) is 0 Å². The first-order chi connectivity index (χ1) is 16.3. The van der Waals surface area contributed by atoms with Crippen molar-refractivity contribution in [3.05, 3.63) is 90.3 Å². The van der Waals surface area contributed by atoms with Crippen LogP contribution in [0.5, 0.6) is 0 Å². The topological polar surface area (TPSA) is 74.8 Å². The maximum Gasteiger partial charge on any atom is 0.0541 e. The van der Waals surface area contributed by atoms with E-state index in [1.54, 1.807) is 0 Å². The summed E-state index contributed by atoms with van der Waals surface area (Å²) in [6, 6.07) is 17.9. The van der Waals surface area contributed by atoms with Crippen molar-refractivity contribution < 1.29 is 0 Å². The maximum atomic E-state index is 4.19. The fourth-order valence-electron chi connectivity index (χ4n) is 2.69. The third-order valence-corrected chi connectivity index (χ3v) is 4.38. The molecule has 0 spiro atoms. The van der Waals surface area contributed by atoms with Crippen LogP contribution in [0, 0.1) is 0 Å². The van der Waals surface area contributed by atoms with Crippen molar-refractivity contribution in [2.24, 2.45) is 0 Å². The zero-order chi connectivity index (χ0) is 23.8. The molecular formula is C27H42N6. The van der Waals surface area contributed by atoms with Gasteiger partial charge in [0.25, 0.3) is 0 Å². The second-order valence-corrected chi connectivity index (χ2v) is 7.49. The lowest BCUT2D eigenvalue weighted by atomic mass is 10.3. The SMILES string of the molecule is CCCNCc1ccccn1.CCCNCc1ccccn1.CCCNCc1ccccn1. The van der Waals surface area contributed by atoms with Crippen molar-refractivity contribution in [2.45, 2.75) is 59.7 Å². The summed E-state index contributed by atoms with van der Waals surface area (Å²) in [5.41, 5.74) is 3.34. The fourth-order valence-corrected chi connectivity index (χ4v) is 2.69. The number of rotatable bonds is 12. The molecule has 180 valence electrons. The van der Waals surface area contributed by atoms with Crippen LogP contribution in [-0.4, -0.2) is 34.6 Å². The van der Waals surface area contributed by atoms with Gasteiger partial charge in [-0.15, -0.1) is 0 Å². The Morgan fingerprint density at radius 3 is 1.00 bits per heavy atom. The van der Waals surface area contributed by atoms with E-state index in [9.17, 15) is 0 Å². The Labute approximate surface area is 200 Å². The third-order valence-electron chi connectivity index (χ3n) is 4.38. The number of nitrogens with zero attached hydrogens (tertiary/aromatic N) is 3. The van der Waals surface area contributed by atoms with Gasteiger partial charge in [0, 0.05) is 38.2 Å². The zero-order valence-corrected chi connectivity index (χ0v) is 20.6. The molecular weight excluding hydrogens is 408 g/mol. The Morgan fingerprint density at radius 1 is 0.485 bits per heavy atom. The van der Waals surface area contributed by atoms with E-state index in [1.807, 2.05) is 73.2 Å². The van der Waals surface area contributed by atoms with Crippen molar-refractivity contribution in [1.82, 2.24) is 30.9 Å². The lowest BCUT2D eigenvalue weighted by molar-refractivity contribution is 0.664. The van der Waals surface area contributed by atoms with Gasteiger partial charge in [-0.2, -0.15) is 0 Å². The molecule has 0 aliphatic carbocycles. The normalized spacial score (nSPS) is 9.91. The summed E-state index contributed by atoms with van der Waals surface area (Å²) in [5, 5.41) is 9.87. The maximum absolute atomic E-state index is 4.19. The Balaban J connectivity index is 0.000000247. The molecule has 0 saturated heterocycles. The van der Waals surface area contributed by atoms with E-state index in [0.717, 1.165) is 56.4 Å². The quantitative estimate of drug-likeness (QED) is 0.346. The van der Waals surface area contributed by atoms with Crippen LogP contribution in [0.2, 0.25) is 0 Å². The van der Waals surface area contributed by atoms with E-state index in [1.165, 1.54) is 19.3 Å². The van der Waals surface area contributed by atoms with Crippen molar-refractivity contribution in [3.8, 4) is 0 Å². The standard InChI is InChI=1S/3C9H14N2/c3*1-2-6-10-8-9-5-3-4-7-11-9/h3*3-5,7,10H,2,6,8H2,1H3. The van der Waals surface area contributed by atoms with Crippen molar-refractivity contribution in [2.75, 3.05) is 19.6 Å². The molecule has 3 rings (SSSR count). The molecule has 3 heterocycles. The van der Waals surface area contributed by atoms with Gasteiger partial charge in [-0.25, -0.2) is 0 Å². The molecule has 0 atom stereocenters. The highest BCUT2D eigenvalue weighted by molar-refractivity contribution is 5.04. The third kappa shape index (κ3) is 16.6. The van der Waals surface area contributed by atoms with Gasteiger partial charge in [-0.05, 0) is 75.3 Å². The Bertz CT molecular complexity index is 660. The molecule has 0 aliphatic heterocycles. The summed E-state index contributed by atoms with van der Waals surface area (Å²) in [4.78, 5) is 12.6. The average Bonchev–Trinajstić information content (AvgIpc) is 2.87. The Morgan fingerprint density at radius 2 is 0.788 bits per heavy atom. The predicted octanol–water partition coefficient (Wildman–Crippen LogP) is 4.74. The first kappa shape index (κ1) is 28.4. The molecule has 0 amide bonds. The summed E-state index contributed by atoms with van der Waals surface area (Å²) in [5.74, 6) is 0. The van der Waals surface area contributed by atoms with Crippen molar-refractivity contribution >= 4 is 0 Å². The van der Waals surface area contributed by atoms with Gasteiger partial charge in [0.15, 0.2) is 0 Å². The van der Waals surface area contributed by atoms with Crippen LogP contribution in [-0.2, 0) is 19.6 Å². The second kappa shape index (κ2) is 21.2. The van der Waals surface area contributed by atoms with Gasteiger partial charge in [0.05, 0.1) is 17.1 Å². The van der Waals surface area contributed by atoms with Crippen LogP contribution < -0.4 is 16.0 Å². The fraction of sp³-hybridized carbons (Fsp3) is 0.444. The lowest BCUT2D eigenvalue weighted by Crippen LogP contribution is -2.14. The van der Waals surface area contributed by atoms with Crippen molar-refractivity contribution in [1.29, 1.82) is 0 Å². The smallest absolute Gasteiger partial charge is 0.0541 e. The summed E-state index contributed by atoms with van der Waals surface area (Å²) in [6.07, 6.45) is 8.99. The molecule has 0 bridgehead atoms. The molecule has 3 N–H and O–H groups in total. The Kier molecular flexibility index (Phi) is 18.2. The first-order valence-electron chi connectivity index (χ1n) is 12.1. The Hall–Kier alpha value is -2.67. The number of hydrogen-bond donors (Lipinski definition) is 3. The minimum absolute atomic E-state index is 0.884. The predicted molar refractivity (Wildman–Crippen MR) is 139 cm³/mol. The molecule has 0 unspecified atom stereocenters. The summed E-state index contributed by atoms with van der Waals surface area (Å²) >= 11 is 0. The van der Waals surface area contributed by atoms with Crippen LogP contribution in [0.1, 0.15) is 57.1 Å². The molecule has 33 heavy (non-hydrogen) atoms. The van der Waals surface area contributed by atoms with E-state index in [4.69, 9.17) is 0 Å². The van der Waals surface area contributed by atoms with E-state index in [2.05, 4.69) is 51.7 Å². The molecule has 0 aromatic carbocycles. The zero-order valence-electron chi connectivity index (χ0n) is 20.6. The summed E-state index contributed by atoms with van der Waals surface area (Å²) in [6.45, 7) is 12.3. The van der Waals surface area contributed by atoms with Crippen LogP contribution >= 0.6 is 0 Å². The minimum atomic E-state index is 0.884. The van der Waals surface area contributed by atoms with Crippen molar-refractivity contribution in [3.63, 3.8) is 0 Å². The number of pyridine rings is 3. The second-order valence-electron chi connectivity index (χ2n) is 7.49. The molecule has 6 nitrogen and oxygen atoms in total. The van der Waals surface area contributed by atoms with E-state index in [0.29, 0.717) is 0 Å². The minimum Gasteiger partial charge on any atom is -0.311 e. The highest BCUT2D eigenvalue weighted by Crippen LogP contribution is 1.93. The van der Waals surface area contributed by atoms with E-state index in [-0.39, 0.29) is 0 Å². The summed E-state index contributed by atoms with van der Waals surface area (Å²) < 4.78 is 0. The van der Waals surface area contributed by atoms with Gasteiger partial charge in [0.1, 0.15) is 0 Å². The highest BCUT2D eigenvalue weighted by Gasteiger charge is 1.90. The number of hydrogen-bond acceptors (Lipinski definition) is 6. The molecule has 0 aliphatic rings. The van der Waals surface area contributed by atoms with Gasteiger partial charge in [-0.3, -0.25) is 15.0 Å². The van der Waals surface area contributed by atoms with E-state index < -0.39 is 0 Å². The molecule has 3 aromatic rings. The summed E-state index contributed by atoms with van der Waals surface area (Å²) in [7, 11) is 0. The lowest BCUT2D eigenvalue weighted by Gasteiger charge is -2.00. The number of nitrogens with one attached hydrogen (secondary N) is 3. The van der Waals surface area contributed by atoms with Gasteiger partial charge < -0.3 is 16.0 Å². The molecule has 0 fully saturated rings. The van der Waals surface area contributed by atoms with Gasteiger partial charge in [0.2, 0.25) is 0 Å². The largest absolute Gasteiger partial charge is 0.311 e. The van der Waals surface area contributed by atoms with Gasteiger partial charge in [-0.1, -0.05) is 39.0 Å². The molecule has 6 heteroatoms. The number of aromatic nitrogens is 3. The van der Waals surface area contributed by atoms with Crippen LogP contribution in [0.25, 0.3) is 0 Å². The molecule has 0 radical (unpaired) electrons. The first-order valence-corrected chi connectivity index (χ1v) is 12.1. The average molecular weight is 451 g/mol. The molecule has 0 saturated carbocycles. The van der Waals surface area contributed by atoms with E-state index >= 15 is 0 Å². The monoisotopic (exact) mass is 450 g/mol. The van der Waals surface area contributed by atoms with Crippen LogP contribution in [0.15, 0.2) is 73.2 Å².